The third kappa shape index (κ3) is 7.06. The second-order valence-corrected chi connectivity index (χ2v) is 12.6. The molecular weight excluding hydrogens is 604 g/mol. The van der Waals surface area contributed by atoms with Crippen LogP contribution in [0.2, 0.25) is 0 Å². The highest BCUT2D eigenvalue weighted by Gasteiger charge is 2.32. The second-order valence-electron chi connectivity index (χ2n) is 6.26. The standard InChI is InChI=1S/C20H29Br2NO6P2S/c1-5-26-30(27-6-2)14-17-19(21)20(22)18(15-31(28-7-3)29-8-4)23(17)32(24,25)16-12-10-9-11-13-16/h9-13H,5-8,14-15H2,1-4H3. The van der Waals surface area contributed by atoms with Crippen LogP contribution in [0, 0.1) is 0 Å². The quantitative estimate of drug-likeness (QED) is 0.208. The first kappa shape index (κ1) is 28.3. The van der Waals surface area contributed by atoms with Crippen LogP contribution in [0.4, 0.5) is 0 Å². The van der Waals surface area contributed by atoms with Crippen LogP contribution in [0.15, 0.2) is 44.2 Å². The van der Waals surface area contributed by atoms with Crippen LogP contribution in [0.5, 0.6) is 0 Å². The summed E-state index contributed by atoms with van der Waals surface area (Å²) in [6.45, 7) is 9.47. The number of halogens is 2. The molecule has 1 aromatic heterocycles. The van der Waals surface area contributed by atoms with Crippen molar-refractivity contribution in [1.82, 2.24) is 3.97 Å². The van der Waals surface area contributed by atoms with Crippen LogP contribution in [-0.2, 0) is 40.4 Å². The van der Waals surface area contributed by atoms with Crippen molar-refractivity contribution in [1.29, 1.82) is 0 Å². The molecule has 0 N–H and O–H groups in total. The lowest BCUT2D eigenvalue weighted by molar-refractivity contribution is 0.268. The maximum absolute atomic E-state index is 13.8. The first-order chi connectivity index (χ1) is 15.3. The highest BCUT2D eigenvalue weighted by atomic mass is 79.9. The molecule has 0 saturated heterocycles. The molecule has 0 unspecified atom stereocenters. The van der Waals surface area contributed by atoms with E-state index in [2.05, 4.69) is 31.9 Å². The lowest BCUT2D eigenvalue weighted by Gasteiger charge is -2.20. The zero-order chi connectivity index (χ0) is 23.7. The summed E-state index contributed by atoms with van der Waals surface area (Å²) in [4.78, 5) is 0.201. The summed E-state index contributed by atoms with van der Waals surface area (Å²) < 4.78 is 53.4. The smallest absolute Gasteiger partial charge is 0.268 e. The molecule has 0 saturated carbocycles. The maximum atomic E-state index is 13.8. The van der Waals surface area contributed by atoms with Gasteiger partial charge in [0.1, 0.15) is 0 Å². The zero-order valence-electron chi connectivity index (χ0n) is 18.6. The van der Waals surface area contributed by atoms with Crippen molar-refractivity contribution in [2.24, 2.45) is 0 Å². The van der Waals surface area contributed by atoms with E-state index in [9.17, 15) is 8.42 Å². The van der Waals surface area contributed by atoms with Crippen LogP contribution in [0.1, 0.15) is 39.1 Å². The predicted molar refractivity (Wildman–Crippen MR) is 137 cm³/mol. The Morgan fingerprint density at radius 3 is 1.47 bits per heavy atom. The minimum atomic E-state index is -3.90. The average Bonchev–Trinajstić information content (AvgIpc) is 3.00. The lowest BCUT2D eigenvalue weighted by Crippen LogP contribution is -2.19. The topological polar surface area (TPSA) is 76.0 Å². The van der Waals surface area contributed by atoms with Crippen LogP contribution >= 0.6 is 48.6 Å². The predicted octanol–water partition coefficient (Wildman–Crippen LogP) is 7.02. The molecule has 0 amide bonds. The molecule has 0 spiro atoms. The molecule has 0 atom stereocenters. The fraction of sp³-hybridized carbons (Fsp3) is 0.500. The first-order valence-electron chi connectivity index (χ1n) is 10.3. The molecule has 180 valence electrons. The summed E-state index contributed by atoms with van der Waals surface area (Å²) in [5.74, 6) is 0. The summed E-state index contributed by atoms with van der Waals surface area (Å²) in [5.41, 5.74) is 1.12. The number of aromatic nitrogens is 1. The Balaban J connectivity index is 2.67. The van der Waals surface area contributed by atoms with E-state index in [1.54, 1.807) is 30.3 Å². The summed E-state index contributed by atoms with van der Waals surface area (Å²) in [6, 6.07) is 8.38. The Hall–Kier alpha value is 0.110. The molecule has 0 aliphatic heterocycles. The molecule has 7 nitrogen and oxygen atoms in total. The van der Waals surface area contributed by atoms with E-state index >= 15 is 0 Å². The van der Waals surface area contributed by atoms with Crippen molar-refractivity contribution in [3.63, 3.8) is 0 Å². The van der Waals surface area contributed by atoms with E-state index in [4.69, 9.17) is 18.1 Å². The van der Waals surface area contributed by atoms with Crippen LogP contribution < -0.4 is 0 Å². The highest BCUT2D eigenvalue weighted by molar-refractivity contribution is 9.13. The molecule has 2 rings (SSSR count). The van der Waals surface area contributed by atoms with Gasteiger partial charge in [0.05, 0.1) is 64.0 Å². The summed E-state index contributed by atoms with van der Waals surface area (Å²) >= 11 is 7.22. The van der Waals surface area contributed by atoms with E-state index in [0.717, 1.165) is 0 Å². The molecular formula is C20H29Br2NO6P2S. The number of hydrogen-bond acceptors (Lipinski definition) is 6. The molecule has 1 heterocycles. The van der Waals surface area contributed by atoms with E-state index in [1.807, 2.05) is 27.7 Å². The fourth-order valence-corrected chi connectivity index (χ4v) is 9.24. The SMILES string of the molecule is CCOP(Cc1c(Br)c(Br)c(CP(OCC)OCC)n1S(=O)(=O)c1ccccc1)OCC. The summed E-state index contributed by atoms with van der Waals surface area (Å²) in [5, 5.41) is 0. The van der Waals surface area contributed by atoms with Crippen molar-refractivity contribution in [2.45, 2.75) is 44.9 Å². The Morgan fingerprint density at radius 1 is 0.750 bits per heavy atom. The molecule has 0 aliphatic rings. The largest absolute Gasteiger partial charge is 0.334 e. The molecule has 0 bridgehead atoms. The van der Waals surface area contributed by atoms with Crippen LogP contribution in [0.3, 0.4) is 0 Å². The molecule has 1 aromatic carbocycles. The number of rotatable bonds is 14. The molecule has 2 aromatic rings. The van der Waals surface area contributed by atoms with Gasteiger partial charge in [0.25, 0.3) is 10.0 Å². The molecule has 32 heavy (non-hydrogen) atoms. The van der Waals surface area contributed by atoms with Gasteiger partial charge in [0.15, 0.2) is 16.8 Å². The zero-order valence-corrected chi connectivity index (χ0v) is 24.4. The number of nitrogens with zero attached hydrogens (tertiary/aromatic N) is 1. The van der Waals surface area contributed by atoms with Crippen molar-refractivity contribution in [2.75, 3.05) is 26.4 Å². The Bertz CT molecular complexity index is 905. The van der Waals surface area contributed by atoms with Crippen molar-refractivity contribution < 1.29 is 26.5 Å². The Kier molecular flexibility index (Phi) is 12.3. The van der Waals surface area contributed by atoms with Gasteiger partial charge in [-0.25, -0.2) is 12.4 Å². The fourth-order valence-electron chi connectivity index (χ4n) is 2.93. The van der Waals surface area contributed by atoms with Gasteiger partial charge in [-0.15, -0.1) is 0 Å². The second kappa shape index (κ2) is 13.9. The van der Waals surface area contributed by atoms with Gasteiger partial charge in [-0.05, 0) is 71.7 Å². The van der Waals surface area contributed by atoms with Gasteiger partial charge in [0.2, 0.25) is 0 Å². The molecule has 12 heteroatoms. The minimum Gasteiger partial charge on any atom is -0.334 e. The third-order valence-corrected chi connectivity index (χ3v) is 11.5. The van der Waals surface area contributed by atoms with E-state index in [0.29, 0.717) is 59.1 Å². The van der Waals surface area contributed by atoms with E-state index < -0.39 is 26.8 Å². The Labute approximate surface area is 210 Å². The van der Waals surface area contributed by atoms with Crippen molar-refractivity contribution >= 4 is 58.6 Å². The van der Waals surface area contributed by atoms with Crippen LogP contribution in [0.25, 0.3) is 0 Å². The summed E-state index contributed by atoms with van der Waals surface area (Å²) in [6.07, 6.45) is 0.618. The monoisotopic (exact) mass is 631 g/mol. The molecule has 0 radical (unpaired) electrons. The highest BCUT2D eigenvalue weighted by Crippen LogP contribution is 2.50. The summed E-state index contributed by atoms with van der Waals surface area (Å²) in [7, 11) is -6.52. The van der Waals surface area contributed by atoms with Crippen LogP contribution in [-0.4, -0.2) is 38.8 Å². The van der Waals surface area contributed by atoms with Gasteiger partial charge < -0.3 is 18.1 Å². The van der Waals surface area contributed by atoms with Crippen molar-refractivity contribution in [3.8, 4) is 0 Å². The van der Waals surface area contributed by atoms with Gasteiger partial charge in [-0.1, -0.05) is 18.2 Å². The third-order valence-electron chi connectivity index (χ3n) is 4.12. The van der Waals surface area contributed by atoms with Gasteiger partial charge in [0, 0.05) is 0 Å². The normalized spacial score (nSPS) is 12.2. The Morgan fingerprint density at radius 2 is 1.12 bits per heavy atom. The first-order valence-corrected chi connectivity index (χ1v) is 16.0. The minimum absolute atomic E-state index is 0.201. The lowest BCUT2D eigenvalue weighted by atomic mass is 10.4. The van der Waals surface area contributed by atoms with Gasteiger partial charge in [-0.2, -0.15) is 0 Å². The molecule has 0 fully saturated rings. The maximum Gasteiger partial charge on any atom is 0.268 e. The number of hydrogen-bond donors (Lipinski definition) is 0. The average molecular weight is 633 g/mol. The van der Waals surface area contributed by atoms with Gasteiger partial charge in [-0.3, -0.25) is 0 Å². The number of benzene rings is 1. The van der Waals surface area contributed by atoms with Crippen molar-refractivity contribution in [3.05, 3.63) is 50.7 Å². The molecule has 0 aliphatic carbocycles. The van der Waals surface area contributed by atoms with E-state index in [-0.39, 0.29) is 4.90 Å². The van der Waals surface area contributed by atoms with E-state index in [1.165, 1.54) is 3.97 Å². The van der Waals surface area contributed by atoms with Gasteiger partial charge >= 0.3 is 0 Å².